The number of terminal acetylenes is 1. The van der Waals surface area contributed by atoms with Gasteiger partial charge in [-0.15, -0.1) is 6.42 Å². The first kappa shape index (κ1) is 16.6. The molecule has 0 unspecified atom stereocenters. The van der Waals surface area contributed by atoms with Crippen molar-refractivity contribution in [2.75, 3.05) is 0 Å². The summed E-state index contributed by atoms with van der Waals surface area (Å²) in [5.74, 6) is 3.81. The Labute approximate surface area is 134 Å². The molecule has 1 saturated carbocycles. The van der Waals surface area contributed by atoms with E-state index in [2.05, 4.69) is 33.6 Å². The lowest BCUT2D eigenvalue weighted by Gasteiger charge is -2.53. The normalized spacial score (nSPS) is 34.3. The topological polar surface area (TPSA) is 40.9 Å². The predicted octanol–water partition coefficient (Wildman–Crippen LogP) is 4.44. The molecule has 0 aliphatic heterocycles. The molecule has 2 heteroatoms. The van der Waals surface area contributed by atoms with Gasteiger partial charge in [-0.2, -0.15) is 5.26 Å². The molecule has 0 bridgehead atoms. The second-order valence-electron chi connectivity index (χ2n) is 7.26. The molecule has 1 fully saturated rings. The van der Waals surface area contributed by atoms with E-state index in [4.69, 9.17) is 6.42 Å². The molecular formula is C20H25NO. The van der Waals surface area contributed by atoms with E-state index >= 15 is 0 Å². The van der Waals surface area contributed by atoms with Crippen LogP contribution in [0.5, 0.6) is 0 Å². The van der Waals surface area contributed by atoms with Crippen LogP contribution in [0.4, 0.5) is 0 Å². The van der Waals surface area contributed by atoms with Crippen LogP contribution >= 0.6 is 0 Å². The van der Waals surface area contributed by atoms with Crippen LogP contribution in [-0.2, 0) is 4.79 Å². The number of carbonyl (C=O) groups is 1. The quantitative estimate of drug-likeness (QED) is 0.722. The average molecular weight is 295 g/mol. The first-order valence-corrected chi connectivity index (χ1v) is 8.22. The Morgan fingerprint density at radius 2 is 2.18 bits per heavy atom. The number of hydrogen-bond acceptors (Lipinski definition) is 2. The van der Waals surface area contributed by atoms with E-state index < -0.39 is 5.41 Å². The minimum Gasteiger partial charge on any atom is -0.288 e. The van der Waals surface area contributed by atoms with Gasteiger partial charge >= 0.3 is 0 Å². The summed E-state index contributed by atoms with van der Waals surface area (Å²) >= 11 is 0. The molecule has 0 aromatic heterocycles. The summed E-state index contributed by atoms with van der Waals surface area (Å²) in [5.41, 5.74) is 0.649. The molecule has 116 valence electrons. The van der Waals surface area contributed by atoms with Gasteiger partial charge in [-0.1, -0.05) is 40.0 Å². The van der Waals surface area contributed by atoms with Crippen molar-refractivity contribution in [3.63, 3.8) is 0 Å². The van der Waals surface area contributed by atoms with Crippen LogP contribution in [-0.4, -0.2) is 5.78 Å². The maximum atomic E-state index is 12.3. The van der Waals surface area contributed by atoms with Gasteiger partial charge in [0, 0.05) is 0 Å². The highest BCUT2D eigenvalue weighted by Gasteiger charge is 2.52. The van der Waals surface area contributed by atoms with Crippen LogP contribution in [0.1, 0.15) is 53.4 Å². The molecule has 0 amide bonds. The van der Waals surface area contributed by atoms with Crippen LogP contribution in [0.25, 0.3) is 0 Å². The van der Waals surface area contributed by atoms with Crippen LogP contribution < -0.4 is 0 Å². The van der Waals surface area contributed by atoms with Crippen molar-refractivity contribution >= 4 is 5.78 Å². The zero-order valence-electron chi connectivity index (χ0n) is 14.1. The van der Waals surface area contributed by atoms with Crippen molar-refractivity contribution in [1.29, 1.82) is 5.26 Å². The summed E-state index contributed by atoms with van der Waals surface area (Å²) in [5, 5.41) is 9.20. The second-order valence-corrected chi connectivity index (χ2v) is 7.26. The van der Waals surface area contributed by atoms with Gasteiger partial charge in [-0.05, 0) is 54.2 Å². The fourth-order valence-electron chi connectivity index (χ4n) is 4.70. The summed E-state index contributed by atoms with van der Waals surface area (Å²) in [6.07, 6.45) is 13.3. The summed E-state index contributed by atoms with van der Waals surface area (Å²) < 4.78 is 0. The molecule has 2 aliphatic carbocycles. The van der Waals surface area contributed by atoms with E-state index in [-0.39, 0.29) is 16.8 Å². The third-order valence-electron chi connectivity index (χ3n) is 5.65. The molecule has 2 nitrogen and oxygen atoms in total. The highest BCUT2D eigenvalue weighted by molar-refractivity contribution is 6.09. The molecule has 2 aliphatic rings. The molecule has 0 N–H and O–H groups in total. The monoisotopic (exact) mass is 295 g/mol. The van der Waals surface area contributed by atoms with Gasteiger partial charge in [0.1, 0.15) is 6.07 Å². The minimum absolute atomic E-state index is 0.0688. The Hall–Kier alpha value is -1.80. The lowest BCUT2D eigenvalue weighted by Crippen LogP contribution is -2.46. The lowest BCUT2D eigenvalue weighted by atomic mass is 9.50. The van der Waals surface area contributed by atoms with Crippen molar-refractivity contribution in [3.8, 4) is 18.4 Å². The number of carbonyl (C=O) groups excluding carboxylic acids is 1. The number of ketones is 1. The van der Waals surface area contributed by atoms with Crippen LogP contribution in [0.3, 0.4) is 0 Å². The van der Waals surface area contributed by atoms with Gasteiger partial charge in [-0.3, -0.25) is 4.79 Å². The highest BCUT2D eigenvalue weighted by Crippen LogP contribution is 2.59. The maximum Gasteiger partial charge on any atom is 0.196 e. The Balaban J connectivity index is 2.63. The molecule has 0 spiro atoms. The molecule has 0 aromatic rings. The summed E-state index contributed by atoms with van der Waals surface area (Å²) in [6, 6.07) is 2.01. The average Bonchev–Trinajstić information content (AvgIpc) is 2.47. The maximum absolute atomic E-state index is 12.3. The number of rotatable bonds is 3. The van der Waals surface area contributed by atoms with Gasteiger partial charge in [0.25, 0.3) is 0 Å². The fourth-order valence-corrected chi connectivity index (χ4v) is 4.70. The Morgan fingerprint density at radius 1 is 1.50 bits per heavy atom. The number of hydrogen-bond donors (Lipinski definition) is 0. The second kappa shape index (κ2) is 5.77. The first-order chi connectivity index (χ1) is 10.3. The molecule has 0 heterocycles. The van der Waals surface area contributed by atoms with Crippen molar-refractivity contribution in [3.05, 3.63) is 23.3 Å². The van der Waals surface area contributed by atoms with E-state index in [1.54, 1.807) is 12.2 Å². The molecular weight excluding hydrogens is 270 g/mol. The van der Waals surface area contributed by atoms with Crippen molar-refractivity contribution in [1.82, 2.24) is 0 Å². The zero-order valence-corrected chi connectivity index (χ0v) is 14.1. The van der Waals surface area contributed by atoms with E-state index in [1.165, 1.54) is 0 Å². The van der Waals surface area contributed by atoms with Gasteiger partial charge in [0.05, 0.1) is 11.0 Å². The van der Waals surface area contributed by atoms with Gasteiger partial charge < -0.3 is 0 Å². The molecule has 3 atom stereocenters. The molecule has 0 saturated heterocycles. The first-order valence-electron chi connectivity index (χ1n) is 8.22. The van der Waals surface area contributed by atoms with E-state index in [1.807, 2.05) is 6.07 Å². The lowest BCUT2D eigenvalue weighted by molar-refractivity contribution is -0.111. The van der Waals surface area contributed by atoms with Crippen molar-refractivity contribution in [2.45, 2.75) is 53.4 Å². The molecule has 2 rings (SSSR count). The van der Waals surface area contributed by atoms with Gasteiger partial charge in [0.2, 0.25) is 0 Å². The Kier molecular flexibility index (Phi) is 4.35. The van der Waals surface area contributed by atoms with Gasteiger partial charge in [-0.25, -0.2) is 0 Å². The SMILES string of the molecule is C#C[C@]12C=C(C#N)C(=O)C=C1[C@@](C)(CCC)[C@H](C(C)C)CC2. The van der Waals surface area contributed by atoms with Crippen molar-refractivity contribution < 1.29 is 4.79 Å². The third-order valence-corrected chi connectivity index (χ3v) is 5.65. The number of nitrogens with zero attached hydrogens (tertiary/aromatic N) is 1. The highest BCUT2D eigenvalue weighted by atomic mass is 16.1. The smallest absolute Gasteiger partial charge is 0.196 e. The number of nitriles is 1. The van der Waals surface area contributed by atoms with Crippen LogP contribution in [0.2, 0.25) is 0 Å². The largest absolute Gasteiger partial charge is 0.288 e. The molecule has 0 radical (unpaired) electrons. The van der Waals surface area contributed by atoms with Crippen molar-refractivity contribution in [2.24, 2.45) is 22.7 Å². The van der Waals surface area contributed by atoms with E-state index in [9.17, 15) is 10.1 Å². The standard InChI is InChI=1S/C20H25NO/c1-6-9-19(5)16(14(3)4)8-10-20(7-2)12-15(13-21)17(22)11-18(19)20/h2,11-12,14,16H,6,8-10H2,1,3-5H3/t16-,19-,20-/m0/s1. The Morgan fingerprint density at radius 3 is 2.68 bits per heavy atom. The summed E-state index contributed by atoms with van der Waals surface area (Å²) in [6.45, 7) is 8.94. The van der Waals surface area contributed by atoms with E-state index in [0.717, 1.165) is 31.3 Å². The molecule has 22 heavy (non-hydrogen) atoms. The predicted molar refractivity (Wildman–Crippen MR) is 88.6 cm³/mol. The molecule has 0 aromatic carbocycles. The minimum atomic E-state index is -0.547. The van der Waals surface area contributed by atoms with Gasteiger partial charge in [0.15, 0.2) is 5.78 Å². The number of allylic oxidation sites excluding steroid dienone is 4. The summed E-state index contributed by atoms with van der Waals surface area (Å²) in [4.78, 5) is 12.3. The fraction of sp³-hybridized carbons (Fsp3) is 0.600. The summed E-state index contributed by atoms with van der Waals surface area (Å²) in [7, 11) is 0. The van der Waals surface area contributed by atoms with Crippen LogP contribution in [0.15, 0.2) is 23.3 Å². The third kappa shape index (κ3) is 2.32. The van der Waals surface area contributed by atoms with Crippen LogP contribution in [0, 0.1) is 46.3 Å². The number of fused-ring (bicyclic) bond motifs is 1. The van der Waals surface area contributed by atoms with E-state index in [0.29, 0.717) is 11.8 Å². The Bertz CT molecular complexity index is 625. The zero-order chi connectivity index (χ0) is 16.5.